The summed E-state index contributed by atoms with van der Waals surface area (Å²) in [5.74, 6) is -4.50. The number of nitrogens with one attached hydrogen (secondary N) is 1. The molecule has 1 aromatic rings. The molecule has 1 aromatic carbocycles. The summed E-state index contributed by atoms with van der Waals surface area (Å²) in [7, 11) is 0. The van der Waals surface area contributed by atoms with E-state index in [9.17, 15) is 18.0 Å². The Balaban J connectivity index is 0.00000256. The van der Waals surface area contributed by atoms with Gasteiger partial charge in [0.1, 0.15) is 23.0 Å². The summed E-state index contributed by atoms with van der Waals surface area (Å²) in [6, 6.07) is 0.479. The van der Waals surface area contributed by atoms with Crippen LogP contribution in [0.15, 0.2) is 12.1 Å². The van der Waals surface area contributed by atoms with Crippen LogP contribution in [-0.4, -0.2) is 18.5 Å². The molecule has 0 saturated heterocycles. The fourth-order valence-corrected chi connectivity index (χ4v) is 1.11. The Morgan fingerprint density at radius 3 is 2.24 bits per heavy atom. The second kappa shape index (κ2) is 6.46. The van der Waals surface area contributed by atoms with Crippen LogP contribution in [0, 0.1) is 17.5 Å². The molecule has 0 aromatic heterocycles. The van der Waals surface area contributed by atoms with E-state index in [-0.39, 0.29) is 19.0 Å². The highest BCUT2D eigenvalue weighted by Crippen LogP contribution is 2.14. The minimum Gasteiger partial charge on any atom is -0.348 e. The maximum atomic E-state index is 13.1. The Bertz CT molecular complexity index is 392. The summed E-state index contributed by atoms with van der Waals surface area (Å²) in [6.45, 7) is 1.72. The minimum absolute atomic E-state index is 0. The SMILES string of the molecule is C[C@H](CN)NC(=O)c1c(F)cc(F)cc1F.Cl. The first-order valence-corrected chi connectivity index (χ1v) is 4.61. The van der Waals surface area contributed by atoms with Crippen LogP contribution < -0.4 is 11.1 Å². The van der Waals surface area contributed by atoms with Gasteiger partial charge in [-0.3, -0.25) is 4.79 Å². The lowest BCUT2D eigenvalue weighted by atomic mass is 10.1. The van der Waals surface area contributed by atoms with E-state index in [4.69, 9.17) is 5.73 Å². The summed E-state index contributed by atoms with van der Waals surface area (Å²) in [6.07, 6.45) is 0. The molecule has 3 N–H and O–H groups in total. The number of halogens is 4. The second-order valence-corrected chi connectivity index (χ2v) is 3.35. The maximum Gasteiger partial charge on any atom is 0.257 e. The zero-order valence-electron chi connectivity index (χ0n) is 8.97. The van der Waals surface area contributed by atoms with Crippen molar-refractivity contribution in [3.05, 3.63) is 35.1 Å². The van der Waals surface area contributed by atoms with Crippen LogP contribution in [0.5, 0.6) is 0 Å². The number of benzene rings is 1. The van der Waals surface area contributed by atoms with Crippen LogP contribution in [0.4, 0.5) is 13.2 Å². The third-order valence-corrected chi connectivity index (χ3v) is 1.96. The number of amides is 1. The molecule has 0 unspecified atom stereocenters. The van der Waals surface area contributed by atoms with Gasteiger partial charge in [0.2, 0.25) is 0 Å². The molecule has 0 aliphatic carbocycles. The van der Waals surface area contributed by atoms with Crippen LogP contribution in [0.2, 0.25) is 0 Å². The van der Waals surface area contributed by atoms with E-state index >= 15 is 0 Å². The molecule has 1 amide bonds. The molecular weight excluding hydrogens is 257 g/mol. The average molecular weight is 269 g/mol. The van der Waals surface area contributed by atoms with Gasteiger partial charge in [-0.1, -0.05) is 0 Å². The topological polar surface area (TPSA) is 55.1 Å². The molecule has 0 heterocycles. The Labute approximate surface area is 103 Å². The van der Waals surface area contributed by atoms with Gasteiger partial charge in [0.05, 0.1) is 0 Å². The molecule has 0 spiro atoms. The monoisotopic (exact) mass is 268 g/mol. The van der Waals surface area contributed by atoms with Gasteiger partial charge >= 0.3 is 0 Å². The van der Waals surface area contributed by atoms with Crippen molar-refractivity contribution in [2.24, 2.45) is 5.73 Å². The van der Waals surface area contributed by atoms with Crippen molar-refractivity contribution in [2.45, 2.75) is 13.0 Å². The molecule has 0 aliphatic heterocycles. The van der Waals surface area contributed by atoms with Crippen LogP contribution >= 0.6 is 12.4 Å². The van der Waals surface area contributed by atoms with Crippen LogP contribution in [-0.2, 0) is 0 Å². The highest BCUT2D eigenvalue weighted by Gasteiger charge is 2.19. The minimum atomic E-state index is -1.24. The number of rotatable bonds is 3. The van der Waals surface area contributed by atoms with Crippen molar-refractivity contribution in [1.29, 1.82) is 0 Å². The number of carbonyl (C=O) groups excluding carboxylic acids is 1. The van der Waals surface area contributed by atoms with E-state index in [0.717, 1.165) is 0 Å². The molecule has 0 fully saturated rings. The molecule has 0 radical (unpaired) electrons. The first-order valence-electron chi connectivity index (χ1n) is 4.61. The van der Waals surface area contributed by atoms with Crippen molar-refractivity contribution in [2.75, 3.05) is 6.54 Å². The van der Waals surface area contributed by atoms with E-state index in [1.54, 1.807) is 6.92 Å². The van der Waals surface area contributed by atoms with Gasteiger partial charge in [0, 0.05) is 24.7 Å². The Kier molecular flexibility index (Phi) is 5.98. The highest BCUT2D eigenvalue weighted by atomic mass is 35.5. The summed E-state index contributed by atoms with van der Waals surface area (Å²) in [5.41, 5.74) is 4.43. The van der Waals surface area contributed by atoms with Gasteiger partial charge in [0.15, 0.2) is 0 Å². The quantitative estimate of drug-likeness (QED) is 0.875. The van der Waals surface area contributed by atoms with Gasteiger partial charge in [-0.15, -0.1) is 12.4 Å². The van der Waals surface area contributed by atoms with Crippen molar-refractivity contribution in [3.63, 3.8) is 0 Å². The van der Waals surface area contributed by atoms with Crippen LogP contribution in [0.1, 0.15) is 17.3 Å². The van der Waals surface area contributed by atoms with Crippen LogP contribution in [0.25, 0.3) is 0 Å². The third kappa shape index (κ3) is 3.90. The van der Waals surface area contributed by atoms with Gasteiger partial charge in [0.25, 0.3) is 5.91 Å². The molecule has 17 heavy (non-hydrogen) atoms. The van der Waals surface area contributed by atoms with Crippen LogP contribution in [0.3, 0.4) is 0 Å². The molecule has 3 nitrogen and oxygen atoms in total. The average Bonchev–Trinajstić information content (AvgIpc) is 2.15. The fraction of sp³-hybridized carbons (Fsp3) is 0.300. The van der Waals surface area contributed by atoms with Crippen molar-refractivity contribution >= 4 is 18.3 Å². The summed E-state index contributed by atoms with van der Waals surface area (Å²) in [5, 5.41) is 2.28. The molecule has 1 rings (SSSR count). The molecule has 0 aliphatic rings. The fourth-order valence-electron chi connectivity index (χ4n) is 1.11. The lowest BCUT2D eigenvalue weighted by molar-refractivity contribution is 0.0932. The van der Waals surface area contributed by atoms with Gasteiger partial charge in [-0.2, -0.15) is 0 Å². The molecule has 96 valence electrons. The number of nitrogens with two attached hydrogens (primary N) is 1. The lowest BCUT2D eigenvalue weighted by Gasteiger charge is -2.12. The standard InChI is InChI=1S/C10H11F3N2O.ClH/c1-5(4-14)15-10(16)9-7(12)2-6(11)3-8(9)13;/h2-3,5H,4,14H2,1H3,(H,15,16);1H/t5-;/m1./s1. The van der Waals surface area contributed by atoms with Gasteiger partial charge in [-0.05, 0) is 6.92 Å². The van der Waals surface area contributed by atoms with Gasteiger partial charge < -0.3 is 11.1 Å². The van der Waals surface area contributed by atoms with Crippen molar-refractivity contribution < 1.29 is 18.0 Å². The predicted molar refractivity (Wildman–Crippen MR) is 59.5 cm³/mol. The van der Waals surface area contributed by atoms with E-state index in [2.05, 4.69) is 5.32 Å². The number of carbonyl (C=O) groups is 1. The highest BCUT2D eigenvalue weighted by molar-refractivity contribution is 5.94. The van der Waals surface area contributed by atoms with Gasteiger partial charge in [-0.25, -0.2) is 13.2 Å². The van der Waals surface area contributed by atoms with Crippen molar-refractivity contribution in [3.8, 4) is 0 Å². The normalized spacial score (nSPS) is 11.6. The molecule has 0 bridgehead atoms. The largest absolute Gasteiger partial charge is 0.348 e. The molecule has 1 atom stereocenters. The third-order valence-electron chi connectivity index (χ3n) is 1.96. The van der Waals surface area contributed by atoms with E-state index < -0.39 is 35.0 Å². The number of hydrogen-bond donors (Lipinski definition) is 2. The first-order chi connectivity index (χ1) is 7.45. The number of hydrogen-bond acceptors (Lipinski definition) is 2. The van der Waals surface area contributed by atoms with Crippen molar-refractivity contribution in [1.82, 2.24) is 5.32 Å². The predicted octanol–water partition coefficient (Wildman–Crippen LogP) is 1.60. The Morgan fingerprint density at radius 1 is 1.35 bits per heavy atom. The Hall–Kier alpha value is -1.27. The molecular formula is C10H12ClF3N2O. The second-order valence-electron chi connectivity index (χ2n) is 3.35. The van der Waals surface area contributed by atoms with E-state index in [0.29, 0.717) is 12.1 Å². The Morgan fingerprint density at radius 2 is 1.82 bits per heavy atom. The van der Waals surface area contributed by atoms with E-state index in [1.807, 2.05) is 0 Å². The molecule has 0 saturated carbocycles. The smallest absolute Gasteiger partial charge is 0.257 e. The zero-order valence-corrected chi connectivity index (χ0v) is 9.78. The summed E-state index contributed by atoms with van der Waals surface area (Å²) < 4.78 is 38.9. The van der Waals surface area contributed by atoms with E-state index in [1.165, 1.54) is 0 Å². The summed E-state index contributed by atoms with van der Waals surface area (Å²) in [4.78, 5) is 11.4. The first kappa shape index (κ1) is 15.7. The maximum absolute atomic E-state index is 13.1. The molecule has 7 heteroatoms. The zero-order chi connectivity index (χ0) is 12.3. The lowest BCUT2D eigenvalue weighted by Crippen LogP contribution is -2.38. The summed E-state index contributed by atoms with van der Waals surface area (Å²) >= 11 is 0.